The summed E-state index contributed by atoms with van der Waals surface area (Å²) < 4.78 is 33.0. The Morgan fingerprint density at radius 1 is 0.870 bits per heavy atom. The Labute approximate surface area is 270 Å². The van der Waals surface area contributed by atoms with Gasteiger partial charge in [-0.25, -0.2) is 19.0 Å². The van der Waals surface area contributed by atoms with Crippen molar-refractivity contribution in [2.24, 2.45) is 0 Å². The molecule has 0 saturated carbocycles. The fraction of sp³-hybridized carbons (Fsp3) is 0.333. The zero-order chi connectivity index (χ0) is 32.8. The quantitative estimate of drug-likeness (QED) is 0.192. The predicted molar refractivity (Wildman–Crippen MR) is 178 cm³/mol. The number of hydrogen-bond acceptors (Lipinski definition) is 9. The lowest BCUT2D eigenvalue weighted by Gasteiger charge is -2.35. The molecule has 13 heteroatoms. The molecule has 4 aromatic rings. The van der Waals surface area contributed by atoms with Crippen molar-refractivity contribution in [3.05, 3.63) is 66.7 Å². The van der Waals surface area contributed by atoms with Gasteiger partial charge in [-0.3, -0.25) is 14.4 Å². The van der Waals surface area contributed by atoms with E-state index in [1.807, 2.05) is 24.3 Å². The van der Waals surface area contributed by atoms with Crippen LogP contribution in [0.15, 0.2) is 71.6 Å². The van der Waals surface area contributed by atoms with Crippen LogP contribution in [0.4, 0.5) is 27.8 Å². The second kappa shape index (κ2) is 14.0. The first-order valence-electron chi connectivity index (χ1n) is 14.9. The number of aromatic nitrogens is 2. The number of rotatable bonds is 9. The summed E-state index contributed by atoms with van der Waals surface area (Å²) in [4.78, 5) is 37.5. The van der Waals surface area contributed by atoms with Crippen LogP contribution in [-0.4, -0.2) is 63.5 Å². The molecule has 46 heavy (non-hydrogen) atoms. The zero-order valence-electron chi connectivity index (χ0n) is 26.5. The second-order valence-electron chi connectivity index (χ2n) is 11.7. The molecule has 3 N–H and O–H groups in total. The standard InChI is InChI=1S/C33H38N6O6S/c1-33(2,3)45-32(41)39-16-9-8-15-28(39)31(40)35-21-11-10-12-25(19-21)46(42)38-30-29(36-26-13-6-7-14-27(26)37-30)34-22-17-23(43-4)20-24(18-22)44-5/h6-7,10-14,17-20,28H,8-9,15-16H2,1-5H3,(H,34,36)(H,35,40)(H,37,38). The van der Waals surface area contributed by atoms with Crippen molar-refractivity contribution in [1.29, 1.82) is 0 Å². The molecule has 0 aliphatic carbocycles. The van der Waals surface area contributed by atoms with Crippen molar-refractivity contribution in [1.82, 2.24) is 14.9 Å². The molecule has 2 atom stereocenters. The molecule has 0 radical (unpaired) electrons. The van der Waals surface area contributed by atoms with E-state index in [4.69, 9.17) is 24.2 Å². The van der Waals surface area contributed by atoms with Crippen molar-refractivity contribution in [2.45, 2.75) is 56.6 Å². The molecule has 242 valence electrons. The summed E-state index contributed by atoms with van der Waals surface area (Å²) in [5.41, 5.74) is 1.65. The number of methoxy groups -OCH3 is 2. The van der Waals surface area contributed by atoms with E-state index < -0.39 is 28.7 Å². The first-order chi connectivity index (χ1) is 22.0. The lowest BCUT2D eigenvalue weighted by atomic mass is 10.0. The van der Waals surface area contributed by atoms with Gasteiger partial charge in [-0.05, 0) is 70.4 Å². The highest BCUT2D eigenvalue weighted by Crippen LogP contribution is 2.31. The van der Waals surface area contributed by atoms with E-state index in [9.17, 15) is 13.8 Å². The number of carbonyl (C=O) groups excluding carboxylic acids is 2. The lowest BCUT2D eigenvalue weighted by Crippen LogP contribution is -2.51. The summed E-state index contributed by atoms with van der Waals surface area (Å²) in [6.45, 7) is 5.82. The van der Waals surface area contributed by atoms with E-state index in [0.717, 1.165) is 12.8 Å². The molecule has 1 aliphatic rings. The number of anilines is 4. The van der Waals surface area contributed by atoms with E-state index >= 15 is 0 Å². The SMILES string of the molecule is COc1cc(Nc2nc3ccccc3nc2NS(=O)c2cccc(NC(=O)C3CCCCN3C(=O)OC(C)(C)C)c2)cc(OC)c1. The van der Waals surface area contributed by atoms with Gasteiger partial charge in [0.2, 0.25) is 5.91 Å². The van der Waals surface area contributed by atoms with Gasteiger partial charge in [-0.1, -0.05) is 18.2 Å². The van der Waals surface area contributed by atoms with Crippen molar-refractivity contribution in [3.8, 4) is 11.5 Å². The molecule has 0 bridgehead atoms. The molecule has 12 nitrogen and oxygen atoms in total. The average molecular weight is 647 g/mol. The number of amides is 2. The monoisotopic (exact) mass is 646 g/mol. The first kappa shape index (κ1) is 32.5. The topological polar surface area (TPSA) is 144 Å². The maximum atomic E-state index is 13.7. The van der Waals surface area contributed by atoms with E-state index in [1.54, 1.807) is 77.5 Å². The number of nitrogens with zero attached hydrogens (tertiary/aromatic N) is 3. The van der Waals surface area contributed by atoms with E-state index in [-0.39, 0.29) is 11.7 Å². The Balaban J connectivity index is 1.36. The molecule has 5 rings (SSSR count). The highest BCUT2D eigenvalue weighted by atomic mass is 32.2. The third-order valence-electron chi connectivity index (χ3n) is 7.12. The number of nitrogens with one attached hydrogen (secondary N) is 3. The Morgan fingerprint density at radius 3 is 2.20 bits per heavy atom. The molecule has 2 amide bonds. The van der Waals surface area contributed by atoms with Crippen LogP contribution in [0.1, 0.15) is 40.0 Å². The Kier molecular flexibility index (Phi) is 9.90. The van der Waals surface area contributed by atoms with Crippen LogP contribution in [0.25, 0.3) is 11.0 Å². The normalized spacial score (nSPS) is 15.5. The van der Waals surface area contributed by atoms with Crippen molar-refractivity contribution < 1.29 is 28.0 Å². The highest BCUT2D eigenvalue weighted by Gasteiger charge is 2.35. The minimum absolute atomic E-state index is 0.253. The van der Waals surface area contributed by atoms with Crippen LogP contribution in [-0.2, 0) is 20.5 Å². The number of para-hydroxylation sites is 2. The van der Waals surface area contributed by atoms with Gasteiger partial charge in [0.1, 0.15) is 23.1 Å². The van der Waals surface area contributed by atoms with Gasteiger partial charge in [0, 0.05) is 36.1 Å². The zero-order valence-corrected chi connectivity index (χ0v) is 27.3. The predicted octanol–water partition coefficient (Wildman–Crippen LogP) is 6.25. The highest BCUT2D eigenvalue weighted by molar-refractivity contribution is 7.86. The summed E-state index contributed by atoms with van der Waals surface area (Å²) in [7, 11) is 1.33. The minimum Gasteiger partial charge on any atom is -0.497 e. The minimum atomic E-state index is -1.79. The smallest absolute Gasteiger partial charge is 0.410 e. The first-order valence-corrected chi connectivity index (χ1v) is 16.0. The van der Waals surface area contributed by atoms with Crippen LogP contribution in [0, 0.1) is 0 Å². The van der Waals surface area contributed by atoms with Crippen LogP contribution in [0.5, 0.6) is 11.5 Å². The summed E-state index contributed by atoms with van der Waals surface area (Å²) in [5.74, 6) is 1.42. The molecule has 1 fully saturated rings. The van der Waals surface area contributed by atoms with Crippen molar-refractivity contribution in [2.75, 3.05) is 36.1 Å². The number of likely N-dealkylation sites (tertiary alicyclic amines) is 1. The maximum Gasteiger partial charge on any atom is 0.410 e. The summed E-state index contributed by atoms with van der Waals surface area (Å²) >= 11 is 0. The molecule has 0 spiro atoms. The molecule has 2 unspecified atom stereocenters. The fourth-order valence-electron chi connectivity index (χ4n) is 4.98. The third-order valence-corrected chi connectivity index (χ3v) is 8.18. The molecule has 1 aromatic heterocycles. The van der Waals surface area contributed by atoms with Gasteiger partial charge >= 0.3 is 6.09 Å². The van der Waals surface area contributed by atoms with Crippen LogP contribution in [0.2, 0.25) is 0 Å². The van der Waals surface area contributed by atoms with Gasteiger partial charge in [0.25, 0.3) is 0 Å². The maximum absolute atomic E-state index is 13.7. The van der Waals surface area contributed by atoms with Crippen LogP contribution >= 0.6 is 0 Å². The Morgan fingerprint density at radius 2 is 1.54 bits per heavy atom. The van der Waals surface area contributed by atoms with E-state index in [2.05, 4.69) is 15.4 Å². The number of ether oxygens (including phenoxy) is 3. The lowest BCUT2D eigenvalue weighted by molar-refractivity contribution is -0.122. The van der Waals surface area contributed by atoms with Gasteiger partial charge in [0.05, 0.1) is 30.1 Å². The Hall–Kier alpha value is -4.91. The number of fused-ring (bicyclic) bond motifs is 1. The molecule has 2 heterocycles. The summed E-state index contributed by atoms with van der Waals surface area (Å²) in [5, 5.41) is 6.14. The molecular formula is C33H38N6O6S. The molecule has 1 saturated heterocycles. The fourth-order valence-corrected chi connectivity index (χ4v) is 5.85. The third kappa shape index (κ3) is 8.02. The number of hydrogen-bond donors (Lipinski definition) is 3. The number of carbonyl (C=O) groups is 2. The second-order valence-corrected chi connectivity index (χ2v) is 12.9. The van der Waals surface area contributed by atoms with Gasteiger partial charge < -0.3 is 24.8 Å². The number of piperidine rings is 1. The van der Waals surface area contributed by atoms with Crippen LogP contribution < -0.4 is 24.8 Å². The van der Waals surface area contributed by atoms with Crippen molar-refractivity contribution in [3.63, 3.8) is 0 Å². The summed E-state index contributed by atoms with van der Waals surface area (Å²) in [6, 6.07) is 18.7. The van der Waals surface area contributed by atoms with Gasteiger partial charge in [0.15, 0.2) is 22.6 Å². The molecule has 1 aliphatic heterocycles. The largest absolute Gasteiger partial charge is 0.497 e. The van der Waals surface area contributed by atoms with Crippen molar-refractivity contribution >= 4 is 57.0 Å². The molecule has 3 aromatic carbocycles. The molecular weight excluding hydrogens is 608 g/mol. The summed E-state index contributed by atoms with van der Waals surface area (Å²) in [6.07, 6.45) is 1.62. The van der Waals surface area contributed by atoms with E-state index in [1.165, 1.54) is 4.90 Å². The Bertz CT molecular complexity index is 1740. The van der Waals surface area contributed by atoms with Crippen LogP contribution in [0.3, 0.4) is 0 Å². The average Bonchev–Trinajstić information content (AvgIpc) is 3.04. The van der Waals surface area contributed by atoms with E-state index in [0.29, 0.717) is 57.6 Å². The van der Waals surface area contributed by atoms with Gasteiger partial charge in [-0.15, -0.1) is 0 Å². The number of benzene rings is 3. The van der Waals surface area contributed by atoms with Gasteiger partial charge in [-0.2, -0.15) is 0 Å².